The summed E-state index contributed by atoms with van der Waals surface area (Å²) in [6.45, 7) is 0. The first-order chi connectivity index (χ1) is 10.1. The molecule has 106 valence electrons. The number of pyridine rings is 1. The average molecular weight is 284 g/mol. The van der Waals surface area contributed by atoms with Crippen molar-refractivity contribution in [1.82, 2.24) is 4.98 Å². The van der Waals surface area contributed by atoms with Gasteiger partial charge < -0.3 is 5.73 Å². The maximum absolute atomic E-state index is 13.7. The van der Waals surface area contributed by atoms with Crippen LogP contribution in [-0.4, -0.2) is 4.98 Å². The van der Waals surface area contributed by atoms with Gasteiger partial charge in [0, 0.05) is 23.2 Å². The van der Waals surface area contributed by atoms with E-state index in [0.29, 0.717) is 0 Å². The predicted octanol–water partition coefficient (Wildman–Crippen LogP) is 3.76. The molecule has 4 heteroatoms. The van der Waals surface area contributed by atoms with Crippen LogP contribution in [0.1, 0.15) is 17.2 Å². The van der Waals surface area contributed by atoms with Crippen molar-refractivity contribution in [2.45, 2.75) is 12.5 Å². The Balaban J connectivity index is 1.91. The second-order valence-corrected chi connectivity index (χ2v) is 4.97. The quantitative estimate of drug-likeness (QED) is 0.795. The lowest BCUT2D eigenvalue weighted by atomic mass is 9.97. The molecule has 0 aliphatic carbocycles. The molecule has 0 saturated heterocycles. The zero-order valence-corrected chi connectivity index (χ0v) is 11.3. The van der Waals surface area contributed by atoms with E-state index in [1.807, 2.05) is 30.3 Å². The van der Waals surface area contributed by atoms with Gasteiger partial charge in [0.15, 0.2) is 0 Å². The van der Waals surface area contributed by atoms with E-state index in [9.17, 15) is 8.78 Å². The summed E-state index contributed by atoms with van der Waals surface area (Å²) in [6, 6.07) is 12.8. The molecular weight excluding hydrogens is 270 g/mol. The Morgan fingerprint density at radius 2 is 1.76 bits per heavy atom. The van der Waals surface area contributed by atoms with Crippen molar-refractivity contribution in [2.75, 3.05) is 0 Å². The van der Waals surface area contributed by atoms with Gasteiger partial charge >= 0.3 is 0 Å². The number of benzene rings is 2. The first-order valence-electron chi connectivity index (χ1n) is 6.68. The molecule has 21 heavy (non-hydrogen) atoms. The highest BCUT2D eigenvalue weighted by molar-refractivity contribution is 5.79. The Hall–Kier alpha value is -2.33. The van der Waals surface area contributed by atoms with Crippen LogP contribution >= 0.6 is 0 Å². The van der Waals surface area contributed by atoms with Crippen LogP contribution in [0.4, 0.5) is 8.78 Å². The normalized spacial score (nSPS) is 12.5. The molecule has 3 aromatic rings. The molecular formula is C17H14F2N2. The molecule has 2 aromatic carbocycles. The molecule has 3 rings (SSSR count). The van der Waals surface area contributed by atoms with Gasteiger partial charge in [0.05, 0.1) is 5.52 Å². The van der Waals surface area contributed by atoms with Crippen LogP contribution in [0.3, 0.4) is 0 Å². The third kappa shape index (κ3) is 2.76. The standard InChI is InChI=1S/C17H14F2N2/c18-14-4-1-5-15(19)13(14)10-16(20)11-6-7-17-12(9-11)3-2-8-21-17/h1-9,16H,10,20H2. The maximum atomic E-state index is 13.7. The second kappa shape index (κ2) is 5.58. The van der Waals surface area contributed by atoms with Crippen molar-refractivity contribution in [1.29, 1.82) is 0 Å². The largest absolute Gasteiger partial charge is 0.324 e. The number of hydrogen-bond donors (Lipinski definition) is 1. The van der Waals surface area contributed by atoms with Crippen molar-refractivity contribution >= 4 is 10.9 Å². The van der Waals surface area contributed by atoms with E-state index in [1.54, 1.807) is 6.20 Å². The van der Waals surface area contributed by atoms with Gasteiger partial charge in [0.2, 0.25) is 0 Å². The summed E-state index contributed by atoms with van der Waals surface area (Å²) in [5, 5.41) is 0.958. The van der Waals surface area contributed by atoms with E-state index in [0.717, 1.165) is 16.5 Å². The van der Waals surface area contributed by atoms with Gasteiger partial charge in [-0.1, -0.05) is 18.2 Å². The number of nitrogens with two attached hydrogens (primary N) is 1. The Morgan fingerprint density at radius 1 is 1.00 bits per heavy atom. The zero-order valence-electron chi connectivity index (χ0n) is 11.3. The molecule has 0 spiro atoms. The fraction of sp³-hybridized carbons (Fsp3) is 0.118. The number of fused-ring (bicyclic) bond motifs is 1. The monoisotopic (exact) mass is 284 g/mol. The molecule has 0 radical (unpaired) electrons. The van der Waals surface area contributed by atoms with Crippen LogP contribution in [0.5, 0.6) is 0 Å². The fourth-order valence-corrected chi connectivity index (χ4v) is 2.39. The van der Waals surface area contributed by atoms with E-state index in [1.165, 1.54) is 18.2 Å². The third-order valence-electron chi connectivity index (χ3n) is 3.54. The van der Waals surface area contributed by atoms with Gasteiger partial charge in [0.1, 0.15) is 11.6 Å². The van der Waals surface area contributed by atoms with Crippen molar-refractivity contribution < 1.29 is 8.78 Å². The molecule has 0 aliphatic heterocycles. The number of nitrogens with zero attached hydrogens (tertiary/aromatic N) is 1. The van der Waals surface area contributed by atoms with E-state index in [4.69, 9.17) is 5.73 Å². The minimum absolute atomic E-state index is 0.0243. The van der Waals surface area contributed by atoms with Gasteiger partial charge in [0.25, 0.3) is 0 Å². The molecule has 0 saturated carbocycles. The van der Waals surface area contributed by atoms with Crippen LogP contribution in [0.15, 0.2) is 54.7 Å². The molecule has 0 bridgehead atoms. The SMILES string of the molecule is NC(Cc1c(F)cccc1F)c1ccc2ncccc2c1. The van der Waals surface area contributed by atoms with Crippen molar-refractivity contribution in [3.8, 4) is 0 Å². The Labute approximate surface area is 121 Å². The third-order valence-corrected chi connectivity index (χ3v) is 3.54. The van der Waals surface area contributed by atoms with Crippen molar-refractivity contribution in [3.63, 3.8) is 0 Å². The van der Waals surface area contributed by atoms with Gasteiger partial charge in [-0.2, -0.15) is 0 Å². The summed E-state index contributed by atoms with van der Waals surface area (Å²) in [5.74, 6) is -1.12. The Bertz CT molecular complexity index is 766. The lowest BCUT2D eigenvalue weighted by molar-refractivity contribution is 0.540. The van der Waals surface area contributed by atoms with Crippen molar-refractivity contribution in [3.05, 3.63) is 77.5 Å². The average Bonchev–Trinajstić information content (AvgIpc) is 2.50. The smallest absolute Gasteiger partial charge is 0.129 e. The van der Waals surface area contributed by atoms with Gasteiger partial charge in [-0.3, -0.25) is 4.98 Å². The minimum Gasteiger partial charge on any atom is -0.324 e. The second-order valence-electron chi connectivity index (χ2n) is 4.97. The molecule has 2 N–H and O–H groups in total. The van der Waals surface area contributed by atoms with E-state index >= 15 is 0 Å². The molecule has 1 atom stereocenters. The molecule has 1 unspecified atom stereocenters. The number of aromatic nitrogens is 1. The summed E-state index contributed by atoms with van der Waals surface area (Å²) in [7, 11) is 0. The first kappa shape index (κ1) is 13.6. The zero-order chi connectivity index (χ0) is 14.8. The highest BCUT2D eigenvalue weighted by Gasteiger charge is 2.14. The summed E-state index contributed by atoms with van der Waals surface area (Å²) in [5.41, 5.74) is 7.82. The van der Waals surface area contributed by atoms with Crippen LogP contribution in [0.25, 0.3) is 10.9 Å². The summed E-state index contributed by atoms with van der Waals surface area (Å²) in [6.07, 6.45) is 1.83. The maximum Gasteiger partial charge on any atom is 0.129 e. The molecule has 0 amide bonds. The van der Waals surface area contributed by atoms with Gasteiger partial charge in [-0.15, -0.1) is 0 Å². The van der Waals surface area contributed by atoms with Crippen LogP contribution in [0, 0.1) is 11.6 Å². The molecule has 0 fully saturated rings. The van der Waals surface area contributed by atoms with E-state index in [-0.39, 0.29) is 12.0 Å². The van der Waals surface area contributed by atoms with E-state index in [2.05, 4.69) is 4.98 Å². The van der Waals surface area contributed by atoms with Crippen LogP contribution in [-0.2, 0) is 6.42 Å². The number of hydrogen-bond acceptors (Lipinski definition) is 2. The van der Waals surface area contributed by atoms with Gasteiger partial charge in [-0.25, -0.2) is 8.78 Å². The summed E-state index contributed by atoms with van der Waals surface area (Å²) in [4.78, 5) is 4.23. The predicted molar refractivity (Wildman–Crippen MR) is 78.7 cm³/mol. The Morgan fingerprint density at radius 3 is 2.52 bits per heavy atom. The molecule has 0 aliphatic rings. The summed E-state index contributed by atoms with van der Waals surface area (Å²) >= 11 is 0. The summed E-state index contributed by atoms with van der Waals surface area (Å²) < 4.78 is 27.3. The first-order valence-corrected chi connectivity index (χ1v) is 6.68. The lowest BCUT2D eigenvalue weighted by Crippen LogP contribution is -2.15. The number of rotatable bonds is 3. The van der Waals surface area contributed by atoms with E-state index < -0.39 is 17.7 Å². The van der Waals surface area contributed by atoms with Crippen LogP contribution in [0.2, 0.25) is 0 Å². The van der Waals surface area contributed by atoms with Crippen molar-refractivity contribution in [2.24, 2.45) is 5.73 Å². The van der Waals surface area contributed by atoms with Gasteiger partial charge in [-0.05, 0) is 42.3 Å². The topological polar surface area (TPSA) is 38.9 Å². The Kier molecular flexibility index (Phi) is 3.62. The molecule has 1 aromatic heterocycles. The highest BCUT2D eigenvalue weighted by Crippen LogP contribution is 2.23. The fourth-order valence-electron chi connectivity index (χ4n) is 2.39. The lowest BCUT2D eigenvalue weighted by Gasteiger charge is -2.14. The molecule has 2 nitrogen and oxygen atoms in total. The van der Waals surface area contributed by atoms with Crippen LogP contribution < -0.4 is 5.73 Å². The number of halogens is 2. The molecule has 1 heterocycles. The highest BCUT2D eigenvalue weighted by atomic mass is 19.1. The minimum atomic E-state index is -0.562.